The molecule has 162 valence electrons. The minimum Gasteiger partial charge on any atom is -0.481 e. The average molecular weight is 384 g/mol. The summed E-state index contributed by atoms with van der Waals surface area (Å²) < 4.78 is 0. The van der Waals surface area contributed by atoms with Crippen LogP contribution in [0.1, 0.15) is 129 Å². The molecule has 2 N–H and O–H groups in total. The molecule has 0 bridgehead atoms. The van der Waals surface area contributed by atoms with Crippen LogP contribution in [0.5, 0.6) is 0 Å². The number of carbonyl (C=O) groups is 1. The van der Waals surface area contributed by atoms with Gasteiger partial charge in [0.2, 0.25) is 0 Å². The van der Waals surface area contributed by atoms with Crippen molar-refractivity contribution in [2.24, 2.45) is 5.92 Å². The molecule has 0 saturated carbocycles. The molecule has 0 aliphatic carbocycles. The van der Waals surface area contributed by atoms with E-state index in [2.05, 4.69) is 19.2 Å². The lowest BCUT2D eigenvalue weighted by molar-refractivity contribution is -0.142. The number of carboxylic acid groups (broad SMARTS) is 1. The summed E-state index contributed by atoms with van der Waals surface area (Å²) in [6.45, 7) is 6.39. The highest BCUT2D eigenvalue weighted by Gasteiger charge is 2.16. The first-order chi connectivity index (χ1) is 13.2. The molecule has 0 aliphatic heterocycles. The van der Waals surface area contributed by atoms with Gasteiger partial charge >= 0.3 is 5.97 Å². The average Bonchev–Trinajstić information content (AvgIpc) is 2.66. The van der Waals surface area contributed by atoms with Gasteiger partial charge in [-0.3, -0.25) is 4.79 Å². The number of aliphatic carboxylic acids is 1. The summed E-state index contributed by atoms with van der Waals surface area (Å²) >= 11 is 0. The quantitative estimate of drug-likeness (QED) is 0.192. The minimum atomic E-state index is -0.607. The molecular weight excluding hydrogens is 334 g/mol. The summed E-state index contributed by atoms with van der Waals surface area (Å²) in [7, 11) is 0. The molecule has 0 heterocycles. The van der Waals surface area contributed by atoms with Crippen LogP contribution in [0, 0.1) is 5.92 Å². The van der Waals surface area contributed by atoms with Crippen LogP contribution in [0.4, 0.5) is 0 Å². The van der Waals surface area contributed by atoms with Crippen molar-refractivity contribution in [2.45, 2.75) is 129 Å². The maximum Gasteiger partial charge on any atom is 0.306 e. The van der Waals surface area contributed by atoms with Crippen LogP contribution in [0.25, 0.3) is 0 Å². The predicted molar refractivity (Wildman–Crippen MR) is 118 cm³/mol. The van der Waals surface area contributed by atoms with Crippen molar-refractivity contribution in [3.8, 4) is 0 Å². The Balaban J connectivity index is 3.40. The van der Waals surface area contributed by atoms with E-state index in [0.29, 0.717) is 0 Å². The monoisotopic (exact) mass is 383 g/mol. The Morgan fingerprint density at radius 3 is 1.56 bits per heavy atom. The van der Waals surface area contributed by atoms with Gasteiger partial charge < -0.3 is 10.4 Å². The van der Waals surface area contributed by atoms with Gasteiger partial charge in [0.1, 0.15) is 0 Å². The van der Waals surface area contributed by atoms with Gasteiger partial charge in [-0.05, 0) is 32.4 Å². The molecule has 3 heteroatoms. The van der Waals surface area contributed by atoms with Crippen molar-refractivity contribution in [1.29, 1.82) is 0 Å². The first kappa shape index (κ1) is 26.4. The number of hydrogen-bond donors (Lipinski definition) is 2. The van der Waals surface area contributed by atoms with Crippen molar-refractivity contribution in [2.75, 3.05) is 13.1 Å². The summed E-state index contributed by atoms with van der Waals surface area (Å²) in [5.74, 6) is -0.763. The second kappa shape index (κ2) is 21.7. The Hall–Kier alpha value is -0.570. The van der Waals surface area contributed by atoms with Crippen molar-refractivity contribution >= 4 is 5.97 Å². The fourth-order valence-electron chi connectivity index (χ4n) is 3.70. The summed E-state index contributed by atoms with van der Waals surface area (Å²) in [4.78, 5) is 11.4. The Bertz CT molecular complexity index is 307. The molecule has 1 unspecified atom stereocenters. The first-order valence-electron chi connectivity index (χ1n) is 12.2. The first-order valence-corrected chi connectivity index (χ1v) is 12.2. The molecule has 0 saturated heterocycles. The number of rotatable bonds is 22. The summed E-state index contributed by atoms with van der Waals surface area (Å²) in [6, 6.07) is 0. The molecule has 0 fully saturated rings. The van der Waals surface area contributed by atoms with E-state index in [-0.39, 0.29) is 5.92 Å². The van der Waals surface area contributed by atoms with E-state index in [1.165, 1.54) is 96.3 Å². The summed E-state index contributed by atoms with van der Waals surface area (Å²) in [5.41, 5.74) is 0. The molecule has 0 rings (SSSR count). The number of carboxylic acids is 1. The van der Waals surface area contributed by atoms with Crippen molar-refractivity contribution in [1.82, 2.24) is 5.32 Å². The Morgan fingerprint density at radius 2 is 1.07 bits per heavy atom. The van der Waals surface area contributed by atoms with Crippen molar-refractivity contribution < 1.29 is 9.90 Å². The lowest BCUT2D eigenvalue weighted by atomic mass is 9.97. The lowest BCUT2D eigenvalue weighted by Gasteiger charge is -2.13. The topological polar surface area (TPSA) is 49.3 Å². The molecule has 1 atom stereocenters. The highest BCUT2D eigenvalue weighted by atomic mass is 16.4. The zero-order chi connectivity index (χ0) is 20.0. The summed E-state index contributed by atoms with van der Waals surface area (Å²) in [5, 5.41) is 12.8. The number of nitrogens with one attached hydrogen (secondary N) is 1. The van der Waals surface area contributed by atoms with E-state index in [1.54, 1.807) is 0 Å². The largest absolute Gasteiger partial charge is 0.481 e. The van der Waals surface area contributed by atoms with Gasteiger partial charge in [-0.1, -0.05) is 110 Å². The van der Waals surface area contributed by atoms with Gasteiger partial charge in [0, 0.05) is 0 Å². The van der Waals surface area contributed by atoms with Gasteiger partial charge in [0.05, 0.1) is 5.92 Å². The van der Waals surface area contributed by atoms with Gasteiger partial charge in [-0.15, -0.1) is 0 Å². The highest BCUT2D eigenvalue weighted by Crippen LogP contribution is 2.15. The third kappa shape index (κ3) is 20.0. The SMILES string of the molecule is CCCCCCCCCCCCNCCC(CCCCCCCC)C(=O)O. The van der Waals surface area contributed by atoms with E-state index in [9.17, 15) is 9.90 Å². The Morgan fingerprint density at radius 1 is 0.630 bits per heavy atom. The van der Waals surface area contributed by atoms with Gasteiger partial charge in [-0.25, -0.2) is 0 Å². The fourth-order valence-corrected chi connectivity index (χ4v) is 3.70. The van der Waals surface area contributed by atoms with Crippen LogP contribution >= 0.6 is 0 Å². The maximum absolute atomic E-state index is 11.4. The molecule has 0 aromatic carbocycles. The van der Waals surface area contributed by atoms with Crippen LogP contribution in [-0.4, -0.2) is 24.2 Å². The predicted octanol–water partition coefficient (Wildman–Crippen LogP) is 7.34. The van der Waals surface area contributed by atoms with Crippen LogP contribution in [0.15, 0.2) is 0 Å². The molecular formula is C24H49NO2. The molecule has 3 nitrogen and oxygen atoms in total. The van der Waals surface area contributed by atoms with Gasteiger partial charge in [-0.2, -0.15) is 0 Å². The maximum atomic E-state index is 11.4. The normalized spacial score (nSPS) is 12.4. The molecule has 27 heavy (non-hydrogen) atoms. The Labute approximate surface area is 170 Å². The minimum absolute atomic E-state index is 0.156. The van der Waals surface area contributed by atoms with Crippen LogP contribution in [0.2, 0.25) is 0 Å². The van der Waals surface area contributed by atoms with Gasteiger partial charge in [0.15, 0.2) is 0 Å². The van der Waals surface area contributed by atoms with E-state index >= 15 is 0 Å². The standard InChI is InChI=1S/C24H49NO2/c1-3-5-7-9-11-12-13-14-16-18-21-25-22-20-23(24(26)27)19-17-15-10-8-6-4-2/h23,25H,3-22H2,1-2H3,(H,26,27). The van der Waals surface area contributed by atoms with Crippen LogP contribution in [-0.2, 0) is 4.79 Å². The molecule has 0 aromatic rings. The van der Waals surface area contributed by atoms with Gasteiger partial charge in [0.25, 0.3) is 0 Å². The Kier molecular flexibility index (Phi) is 21.3. The third-order valence-electron chi connectivity index (χ3n) is 5.63. The van der Waals surface area contributed by atoms with E-state index in [4.69, 9.17) is 0 Å². The smallest absolute Gasteiger partial charge is 0.306 e. The van der Waals surface area contributed by atoms with Crippen LogP contribution in [0.3, 0.4) is 0 Å². The number of unbranched alkanes of at least 4 members (excludes halogenated alkanes) is 14. The fraction of sp³-hybridized carbons (Fsp3) is 0.958. The van der Waals surface area contributed by atoms with Crippen LogP contribution < -0.4 is 5.32 Å². The lowest BCUT2D eigenvalue weighted by Crippen LogP contribution is -2.23. The van der Waals surface area contributed by atoms with E-state index in [1.807, 2.05) is 0 Å². The van der Waals surface area contributed by atoms with E-state index < -0.39 is 5.97 Å². The summed E-state index contributed by atoms with van der Waals surface area (Å²) in [6.07, 6.45) is 22.7. The molecule has 0 radical (unpaired) electrons. The molecule has 0 amide bonds. The zero-order valence-electron chi connectivity index (χ0n) is 18.6. The van der Waals surface area contributed by atoms with Crippen molar-refractivity contribution in [3.05, 3.63) is 0 Å². The number of hydrogen-bond acceptors (Lipinski definition) is 2. The third-order valence-corrected chi connectivity index (χ3v) is 5.63. The highest BCUT2D eigenvalue weighted by molar-refractivity contribution is 5.69. The van der Waals surface area contributed by atoms with E-state index in [0.717, 1.165) is 32.4 Å². The van der Waals surface area contributed by atoms with Crippen molar-refractivity contribution in [3.63, 3.8) is 0 Å². The zero-order valence-corrected chi connectivity index (χ0v) is 18.6. The molecule has 0 aromatic heterocycles. The molecule has 0 spiro atoms. The second-order valence-electron chi connectivity index (χ2n) is 8.31. The molecule has 0 aliphatic rings. The second-order valence-corrected chi connectivity index (χ2v) is 8.31.